The number of rotatable bonds is 6. The molecule has 3 heterocycles. The summed E-state index contributed by atoms with van der Waals surface area (Å²) in [6.45, 7) is 1.16. The molecule has 154 valence electrons. The summed E-state index contributed by atoms with van der Waals surface area (Å²) in [7, 11) is 0. The average molecular weight is 509 g/mol. The molecule has 0 saturated carbocycles. The van der Waals surface area contributed by atoms with Gasteiger partial charge in [-0.2, -0.15) is 8.78 Å². The van der Waals surface area contributed by atoms with E-state index in [1.54, 1.807) is 12.3 Å². The number of nitrogens with one attached hydrogen (secondary N) is 2. The van der Waals surface area contributed by atoms with Gasteiger partial charge in [0, 0.05) is 44.3 Å². The van der Waals surface area contributed by atoms with Gasteiger partial charge < -0.3 is 15.5 Å². The van der Waals surface area contributed by atoms with Crippen LogP contribution >= 0.6 is 24.0 Å². The first-order chi connectivity index (χ1) is 13.1. The molecule has 1 unspecified atom stereocenters. The standard InChI is InChI=1S/C17H22F3N7.HI/c1-2-21-17(24-10-14-22-7-9-27(14)16(19)20)25-12-5-8-26(11-12)15-13(18)4-3-6-23-15;/h3-4,6-7,9,12,16H,2,5,8,10-11H2,1H3,(H2,21,24,25);1H. The second-order valence-electron chi connectivity index (χ2n) is 6.11. The molecule has 1 atom stereocenters. The number of hydrogen-bond donors (Lipinski definition) is 2. The minimum Gasteiger partial charge on any atom is -0.357 e. The Morgan fingerprint density at radius 3 is 2.89 bits per heavy atom. The minimum atomic E-state index is -2.65. The molecule has 2 N–H and O–H groups in total. The molecule has 1 aliphatic heterocycles. The molecule has 11 heteroatoms. The van der Waals surface area contributed by atoms with Crippen LogP contribution in [0.2, 0.25) is 0 Å². The van der Waals surface area contributed by atoms with Gasteiger partial charge in [-0.15, -0.1) is 24.0 Å². The summed E-state index contributed by atoms with van der Waals surface area (Å²) in [5.74, 6) is 0.681. The highest BCUT2D eigenvalue weighted by Crippen LogP contribution is 2.20. The largest absolute Gasteiger partial charge is 0.357 e. The van der Waals surface area contributed by atoms with Crippen molar-refractivity contribution in [1.82, 2.24) is 25.2 Å². The molecule has 0 amide bonds. The summed E-state index contributed by atoms with van der Waals surface area (Å²) in [5, 5.41) is 6.36. The Bertz CT molecular complexity index is 784. The van der Waals surface area contributed by atoms with E-state index in [0.29, 0.717) is 31.4 Å². The predicted molar refractivity (Wildman–Crippen MR) is 112 cm³/mol. The van der Waals surface area contributed by atoms with Crippen molar-refractivity contribution in [2.45, 2.75) is 32.5 Å². The minimum absolute atomic E-state index is 0. The summed E-state index contributed by atoms with van der Waals surface area (Å²) in [5.41, 5.74) is 0. The fourth-order valence-corrected chi connectivity index (χ4v) is 2.99. The molecule has 2 aromatic rings. The van der Waals surface area contributed by atoms with Crippen molar-refractivity contribution in [3.8, 4) is 0 Å². The van der Waals surface area contributed by atoms with E-state index in [1.807, 2.05) is 11.8 Å². The molecule has 7 nitrogen and oxygen atoms in total. The molecule has 1 saturated heterocycles. The van der Waals surface area contributed by atoms with E-state index in [9.17, 15) is 13.2 Å². The van der Waals surface area contributed by atoms with Crippen molar-refractivity contribution in [2.75, 3.05) is 24.5 Å². The molecular weight excluding hydrogens is 486 g/mol. The maximum atomic E-state index is 13.9. The lowest BCUT2D eigenvalue weighted by Gasteiger charge is -2.20. The zero-order valence-electron chi connectivity index (χ0n) is 15.4. The fourth-order valence-electron chi connectivity index (χ4n) is 2.99. The van der Waals surface area contributed by atoms with Crippen molar-refractivity contribution in [3.63, 3.8) is 0 Å². The molecule has 0 aromatic carbocycles. The highest BCUT2D eigenvalue weighted by atomic mass is 127. The third-order valence-corrected chi connectivity index (χ3v) is 4.25. The molecule has 0 spiro atoms. The highest BCUT2D eigenvalue weighted by molar-refractivity contribution is 14.0. The normalized spacial score (nSPS) is 17.0. The summed E-state index contributed by atoms with van der Waals surface area (Å²) in [6.07, 6.45) is 4.90. The van der Waals surface area contributed by atoms with Crippen molar-refractivity contribution in [2.24, 2.45) is 4.99 Å². The van der Waals surface area contributed by atoms with Gasteiger partial charge in [-0.1, -0.05) is 0 Å². The van der Waals surface area contributed by atoms with Gasteiger partial charge in [-0.3, -0.25) is 4.57 Å². The second-order valence-corrected chi connectivity index (χ2v) is 6.11. The fraction of sp³-hybridized carbons (Fsp3) is 0.471. The third-order valence-electron chi connectivity index (χ3n) is 4.25. The van der Waals surface area contributed by atoms with Crippen molar-refractivity contribution >= 4 is 35.8 Å². The van der Waals surface area contributed by atoms with Crippen LogP contribution < -0.4 is 15.5 Å². The SMILES string of the molecule is CCNC(=NCc1nccn1C(F)F)NC1CCN(c2ncccc2F)C1.I. The molecule has 3 rings (SSSR count). The maximum Gasteiger partial charge on any atom is 0.319 e. The Labute approximate surface area is 178 Å². The number of anilines is 1. The molecule has 2 aromatic heterocycles. The van der Waals surface area contributed by atoms with Crippen LogP contribution in [0.5, 0.6) is 0 Å². The van der Waals surface area contributed by atoms with Crippen LogP contribution in [-0.2, 0) is 6.54 Å². The van der Waals surface area contributed by atoms with Crippen LogP contribution in [-0.4, -0.2) is 46.2 Å². The van der Waals surface area contributed by atoms with Gasteiger partial charge in [-0.05, 0) is 25.5 Å². The van der Waals surface area contributed by atoms with Crippen LogP contribution in [0.3, 0.4) is 0 Å². The average Bonchev–Trinajstić information content (AvgIpc) is 3.29. The van der Waals surface area contributed by atoms with Crippen molar-refractivity contribution in [3.05, 3.63) is 42.4 Å². The molecule has 0 bridgehead atoms. The van der Waals surface area contributed by atoms with Gasteiger partial charge in [-0.25, -0.2) is 19.4 Å². The van der Waals surface area contributed by atoms with Gasteiger partial charge >= 0.3 is 6.55 Å². The Hall–Kier alpha value is -2.05. The lowest BCUT2D eigenvalue weighted by Crippen LogP contribution is -2.44. The molecule has 1 aliphatic rings. The van der Waals surface area contributed by atoms with E-state index < -0.39 is 6.55 Å². The van der Waals surface area contributed by atoms with E-state index in [2.05, 4.69) is 25.6 Å². The number of hydrogen-bond acceptors (Lipinski definition) is 4. The zero-order chi connectivity index (χ0) is 19.2. The van der Waals surface area contributed by atoms with Crippen LogP contribution in [0.25, 0.3) is 0 Å². The molecule has 0 radical (unpaired) electrons. The Morgan fingerprint density at radius 2 is 2.18 bits per heavy atom. The monoisotopic (exact) mass is 509 g/mol. The summed E-state index contributed by atoms with van der Waals surface area (Å²) in [4.78, 5) is 14.2. The summed E-state index contributed by atoms with van der Waals surface area (Å²) >= 11 is 0. The van der Waals surface area contributed by atoms with Crippen LogP contribution in [0.15, 0.2) is 35.7 Å². The highest BCUT2D eigenvalue weighted by Gasteiger charge is 2.26. The number of pyridine rings is 1. The van der Waals surface area contributed by atoms with Gasteiger partial charge in [0.25, 0.3) is 0 Å². The Morgan fingerprint density at radius 1 is 1.36 bits per heavy atom. The number of halogens is 4. The lowest BCUT2D eigenvalue weighted by molar-refractivity contribution is 0.0671. The molecule has 1 fully saturated rings. The smallest absolute Gasteiger partial charge is 0.319 e. The van der Waals surface area contributed by atoms with Crippen LogP contribution in [0.1, 0.15) is 25.7 Å². The number of aliphatic imine (C=N–C) groups is 1. The number of aromatic nitrogens is 3. The molecule has 28 heavy (non-hydrogen) atoms. The van der Waals surface area contributed by atoms with Gasteiger partial charge in [0.1, 0.15) is 12.4 Å². The van der Waals surface area contributed by atoms with E-state index in [0.717, 1.165) is 11.0 Å². The number of alkyl halides is 2. The number of guanidine groups is 1. The van der Waals surface area contributed by atoms with Crippen molar-refractivity contribution < 1.29 is 13.2 Å². The first-order valence-electron chi connectivity index (χ1n) is 8.78. The Balaban J connectivity index is 0.00000280. The number of imidazole rings is 1. The van der Waals surface area contributed by atoms with E-state index in [-0.39, 0.29) is 48.2 Å². The first kappa shape index (κ1) is 22.2. The van der Waals surface area contributed by atoms with E-state index in [1.165, 1.54) is 18.5 Å². The zero-order valence-corrected chi connectivity index (χ0v) is 17.7. The predicted octanol–water partition coefficient (Wildman–Crippen LogP) is 2.76. The second kappa shape index (κ2) is 10.5. The Kier molecular flexibility index (Phi) is 8.33. The molecular formula is C17H23F3IN7. The van der Waals surface area contributed by atoms with E-state index >= 15 is 0 Å². The van der Waals surface area contributed by atoms with Gasteiger partial charge in [0.05, 0.1) is 0 Å². The third kappa shape index (κ3) is 5.49. The van der Waals surface area contributed by atoms with Crippen LogP contribution in [0, 0.1) is 5.82 Å². The number of nitrogens with zero attached hydrogens (tertiary/aromatic N) is 5. The topological polar surface area (TPSA) is 70.4 Å². The summed E-state index contributed by atoms with van der Waals surface area (Å²) < 4.78 is 40.5. The van der Waals surface area contributed by atoms with Gasteiger partial charge in [0.2, 0.25) is 0 Å². The molecule has 0 aliphatic carbocycles. The van der Waals surface area contributed by atoms with Crippen LogP contribution in [0.4, 0.5) is 19.0 Å². The van der Waals surface area contributed by atoms with Crippen molar-refractivity contribution in [1.29, 1.82) is 0 Å². The first-order valence-corrected chi connectivity index (χ1v) is 8.78. The lowest BCUT2D eigenvalue weighted by atomic mass is 10.3. The maximum absolute atomic E-state index is 13.9. The summed E-state index contributed by atoms with van der Waals surface area (Å²) in [6, 6.07) is 2.99. The van der Waals surface area contributed by atoms with Gasteiger partial charge in [0.15, 0.2) is 17.6 Å². The van der Waals surface area contributed by atoms with E-state index in [4.69, 9.17) is 0 Å². The quantitative estimate of drug-likeness (QED) is 0.356.